The molecule has 1 aromatic carbocycles. The summed E-state index contributed by atoms with van der Waals surface area (Å²) < 4.78 is 6.17. The maximum atomic E-state index is 13.2. The van der Waals surface area contributed by atoms with Crippen molar-refractivity contribution < 1.29 is 19.7 Å². The van der Waals surface area contributed by atoms with Gasteiger partial charge in [0.15, 0.2) is 0 Å². The average molecular weight is 535 g/mol. The van der Waals surface area contributed by atoms with Crippen molar-refractivity contribution in [2.75, 3.05) is 0 Å². The van der Waals surface area contributed by atoms with Crippen LogP contribution >= 0.6 is 0 Å². The van der Waals surface area contributed by atoms with Gasteiger partial charge in [-0.05, 0) is 97.7 Å². The van der Waals surface area contributed by atoms with Crippen molar-refractivity contribution in [3.8, 4) is 0 Å². The molecule has 0 saturated heterocycles. The first kappa shape index (κ1) is 28.6. The lowest BCUT2D eigenvalue weighted by Gasteiger charge is -2.62. The second kappa shape index (κ2) is 10.5. The van der Waals surface area contributed by atoms with Gasteiger partial charge in [-0.1, -0.05) is 77.5 Å². The highest BCUT2D eigenvalue weighted by Gasteiger charge is 2.66. The SMILES string of the molecule is CC(C)C(C)C=CC(C)C1CCC2C3=CC(OC(=O)c4ccccc4)C4(O)CC(O)CCC4(C)C3CCC21C. The van der Waals surface area contributed by atoms with Gasteiger partial charge in [-0.25, -0.2) is 4.79 Å². The molecular formula is C35H50O4. The van der Waals surface area contributed by atoms with Crippen LogP contribution in [-0.2, 0) is 4.74 Å². The molecule has 0 spiro atoms. The maximum absolute atomic E-state index is 13.2. The lowest BCUT2D eigenvalue weighted by Crippen LogP contribution is -2.66. The highest BCUT2D eigenvalue weighted by atomic mass is 16.6. The summed E-state index contributed by atoms with van der Waals surface area (Å²) in [5.74, 6) is 2.64. The number of fused-ring (bicyclic) bond motifs is 5. The Labute approximate surface area is 235 Å². The van der Waals surface area contributed by atoms with E-state index in [1.807, 2.05) is 18.2 Å². The van der Waals surface area contributed by atoms with Crippen LogP contribution in [0.15, 0.2) is 54.1 Å². The van der Waals surface area contributed by atoms with E-state index in [0.717, 1.165) is 25.7 Å². The fourth-order valence-electron chi connectivity index (χ4n) is 9.02. The van der Waals surface area contributed by atoms with Gasteiger partial charge in [-0.2, -0.15) is 0 Å². The Morgan fingerprint density at radius 2 is 1.69 bits per heavy atom. The van der Waals surface area contributed by atoms with Crippen molar-refractivity contribution in [1.82, 2.24) is 0 Å². The fraction of sp³-hybridized carbons (Fsp3) is 0.686. The van der Waals surface area contributed by atoms with Crippen LogP contribution in [0.4, 0.5) is 0 Å². The predicted molar refractivity (Wildman–Crippen MR) is 156 cm³/mol. The summed E-state index contributed by atoms with van der Waals surface area (Å²) in [5.41, 5.74) is 0.382. The second-order valence-corrected chi connectivity index (χ2v) is 14.3. The van der Waals surface area contributed by atoms with Gasteiger partial charge in [-0.15, -0.1) is 0 Å². The minimum Gasteiger partial charge on any atom is -0.451 e. The number of carbonyl (C=O) groups excluding carboxylic acids is 1. The summed E-state index contributed by atoms with van der Waals surface area (Å²) in [6.07, 6.45) is 11.9. The predicted octanol–water partition coefficient (Wildman–Crippen LogP) is 7.36. The van der Waals surface area contributed by atoms with E-state index in [1.165, 1.54) is 12.0 Å². The van der Waals surface area contributed by atoms with E-state index in [4.69, 9.17) is 4.74 Å². The largest absolute Gasteiger partial charge is 0.451 e. The second-order valence-electron chi connectivity index (χ2n) is 14.3. The molecular weight excluding hydrogens is 484 g/mol. The number of aliphatic hydroxyl groups excluding tert-OH is 1. The molecule has 0 amide bonds. The molecule has 10 atom stereocenters. The van der Waals surface area contributed by atoms with Gasteiger partial charge in [0.25, 0.3) is 0 Å². The number of ether oxygens (including phenoxy) is 1. The van der Waals surface area contributed by atoms with E-state index in [2.05, 4.69) is 59.8 Å². The van der Waals surface area contributed by atoms with Crippen LogP contribution in [0.1, 0.15) is 96.8 Å². The standard InChI is InChI=1S/C35H50O4/c1-22(2)23(3)12-13-24(4)28-14-15-29-27-20-31(39-32(37)25-10-8-7-9-11-25)35(38)21-26(36)16-19-34(35,6)30(27)17-18-33(28,29)5/h7-13,20,22-24,26,28-31,36,38H,14-19,21H2,1-6H3. The molecule has 2 N–H and O–H groups in total. The van der Waals surface area contributed by atoms with Gasteiger partial charge in [0.1, 0.15) is 11.7 Å². The van der Waals surface area contributed by atoms with Crippen molar-refractivity contribution in [3.63, 3.8) is 0 Å². The Balaban J connectivity index is 1.49. The summed E-state index contributed by atoms with van der Waals surface area (Å²) in [6, 6.07) is 9.06. The monoisotopic (exact) mass is 534 g/mol. The highest BCUT2D eigenvalue weighted by molar-refractivity contribution is 5.89. The van der Waals surface area contributed by atoms with Crippen LogP contribution in [0.5, 0.6) is 0 Å². The normalized spacial score (nSPS) is 41.4. The third-order valence-electron chi connectivity index (χ3n) is 12.0. The van der Waals surface area contributed by atoms with E-state index in [-0.39, 0.29) is 17.8 Å². The van der Waals surface area contributed by atoms with Crippen LogP contribution < -0.4 is 0 Å². The van der Waals surface area contributed by atoms with E-state index >= 15 is 0 Å². The van der Waals surface area contributed by atoms with Gasteiger partial charge in [0, 0.05) is 11.8 Å². The van der Waals surface area contributed by atoms with Gasteiger partial charge < -0.3 is 14.9 Å². The van der Waals surface area contributed by atoms with E-state index in [1.54, 1.807) is 12.1 Å². The van der Waals surface area contributed by atoms with Crippen molar-refractivity contribution in [1.29, 1.82) is 0 Å². The molecule has 4 heteroatoms. The quantitative estimate of drug-likeness (QED) is 0.296. The molecule has 4 aliphatic rings. The zero-order valence-corrected chi connectivity index (χ0v) is 24.9. The van der Waals surface area contributed by atoms with E-state index in [9.17, 15) is 15.0 Å². The Hall–Kier alpha value is -1.91. The average Bonchev–Trinajstić information content (AvgIpc) is 3.26. The van der Waals surface area contributed by atoms with Crippen LogP contribution in [0.2, 0.25) is 0 Å². The smallest absolute Gasteiger partial charge is 0.338 e. The molecule has 5 rings (SSSR count). The van der Waals surface area contributed by atoms with Crippen molar-refractivity contribution in [3.05, 3.63) is 59.7 Å². The molecule has 0 bridgehead atoms. The third kappa shape index (κ3) is 4.74. The topological polar surface area (TPSA) is 66.8 Å². The molecule has 4 aliphatic carbocycles. The van der Waals surface area contributed by atoms with Gasteiger partial charge in [0.2, 0.25) is 0 Å². The van der Waals surface area contributed by atoms with Gasteiger partial charge in [-0.3, -0.25) is 0 Å². The number of rotatable bonds is 6. The van der Waals surface area contributed by atoms with Crippen LogP contribution in [0.3, 0.4) is 0 Å². The molecule has 0 aromatic heterocycles. The Morgan fingerprint density at radius 3 is 2.38 bits per heavy atom. The van der Waals surface area contributed by atoms with Crippen molar-refractivity contribution >= 4 is 5.97 Å². The molecule has 0 aliphatic heterocycles. The number of carbonyl (C=O) groups is 1. The van der Waals surface area contributed by atoms with E-state index < -0.39 is 29.2 Å². The van der Waals surface area contributed by atoms with Crippen LogP contribution in [0, 0.1) is 46.3 Å². The highest BCUT2D eigenvalue weighted by Crippen LogP contribution is 2.67. The summed E-state index contributed by atoms with van der Waals surface area (Å²) in [5, 5.41) is 23.0. The minimum absolute atomic E-state index is 0.196. The summed E-state index contributed by atoms with van der Waals surface area (Å²) in [6.45, 7) is 14.0. The zero-order chi connectivity index (χ0) is 28.2. The number of hydrogen-bond acceptors (Lipinski definition) is 4. The number of hydrogen-bond donors (Lipinski definition) is 2. The van der Waals surface area contributed by atoms with Gasteiger partial charge in [0.05, 0.1) is 11.7 Å². The zero-order valence-electron chi connectivity index (χ0n) is 24.9. The molecule has 39 heavy (non-hydrogen) atoms. The Kier molecular flexibility index (Phi) is 7.70. The number of benzene rings is 1. The number of esters is 1. The fourth-order valence-corrected chi connectivity index (χ4v) is 9.02. The van der Waals surface area contributed by atoms with E-state index in [0.29, 0.717) is 41.6 Å². The number of allylic oxidation sites excluding steroid dienone is 3. The third-order valence-corrected chi connectivity index (χ3v) is 12.0. The Morgan fingerprint density at radius 1 is 0.974 bits per heavy atom. The summed E-state index contributed by atoms with van der Waals surface area (Å²) in [7, 11) is 0. The maximum Gasteiger partial charge on any atom is 0.338 e. The van der Waals surface area contributed by atoms with Crippen LogP contribution in [0.25, 0.3) is 0 Å². The molecule has 3 saturated carbocycles. The van der Waals surface area contributed by atoms with Crippen molar-refractivity contribution in [2.24, 2.45) is 46.3 Å². The molecule has 0 radical (unpaired) electrons. The first-order chi connectivity index (χ1) is 18.4. The molecule has 3 fully saturated rings. The lowest BCUT2D eigenvalue weighted by molar-refractivity contribution is -0.210. The lowest BCUT2D eigenvalue weighted by atomic mass is 9.45. The number of aliphatic hydroxyl groups is 2. The molecule has 1 aromatic rings. The molecule has 0 heterocycles. The Bertz CT molecular complexity index is 1110. The van der Waals surface area contributed by atoms with Crippen LogP contribution in [-0.4, -0.2) is 34.0 Å². The molecule has 4 nitrogen and oxygen atoms in total. The first-order valence-electron chi connectivity index (χ1n) is 15.5. The summed E-state index contributed by atoms with van der Waals surface area (Å²) >= 11 is 0. The first-order valence-corrected chi connectivity index (χ1v) is 15.5. The summed E-state index contributed by atoms with van der Waals surface area (Å²) in [4.78, 5) is 13.2. The van der Waals surface area contributed by atoms with Crippen molar-refractivity contribution in [2.45, 2.75) is 104 Å². The molecule has 10 unspecified atom stereocenters. The molecule has 214 valence electrons. The minimum atomic E-state index is -1.28. The van der Waals surface area contributed by atoms with Gasteiger partial charge >= 0.3 is 5.97 Å².